The summed E-state index contributed by atoms with van der Waals surface area (Å²) in [5.41, 5.74) is 0. The lowest BCUT2D eigenvalue weighted by molar-refractivity contribution is 0.559. The molecule has 10 heavy (non-hydrogen) atoms. The van der Waals surface area contributed by atoms with Crippen LogP contribution in [0.1, 0.15) is 0 Å². The highest BCUT2D eigenvalue weighted by Gasteiger charge is 1.59. The van der Waals surface area contributed by atoms with Crippen LogP contribution < -0.4 is 0 Å². The molecular formula is C4H4N2O3S. The van der Waals surface area contributed by atoms with Crippen LogP contribution in [0.15, 0.2) is 24.8 Å². The first-order valence-corrected chi connectivity index (χ1v) is 3.20. The van der Waals surface area contributed by atoms with Gasteiger partial charge in [0.25, 0.3) is 0 Å². The van der Waals surface area contributed by atoms with Crippen LogP contribution in [0.4, 0.5) is 0 Å². The molecule has 1 heterocycles. The predicted molar refractivity (Wildman–Crippen MR) is 31.7 cm³/mol. The number of nitrogens with zero attached hydrogens (tertiary/aromatic N) is 2. The Bertz CT molecular complexity index is 221. The van der Waals surface area contributed by atoms with Crippen molar-refractivity contribution in [2.24, 2.45) is 0 Å². The van der Waals surface area contributed by atoms with Gasteiger partial charge in [-0.25, -0.2) is 9.97 Å². The molecule has 0 radical (unpaired) electrons. The summed E-state index contributed by atoms with van der Waals surface area (Å²) in [6, 6.07) is 1.78. The van der Waals surface area contributed by atoms with Crippen molar-refractivity contribution in [3.8, 4) is 0 Å². The van der Waals surface area contributed by atoms with Crippen LogP contribution in [0.3, 0.4) is 0 Å². The van der Waals surface area contributed by atoms with E-state index in [4.69, 9.17) is 12.6 Å². The van der Waals surface area contributed by atoms with Crippen molar-refractivity contribution in [3.63, 3.8) is 0 Å². The van der Waals surface area contributed by atoms with Gasteiger partial charge in [0.2, 0.25) is 0 Å². The lowest BCUT2D eigenvalue weighted by atomic mass is 10.7. The van der Waals surface area contributed by atoms with E-state index in [2.05, 4.69) is 9.97 Å². The molecule has 0 aromatic carbocycles. The quantitative estimate of drug-likeness (QED) is 0.510. The van der Waals surface area contributed by atoms with E-state index in [1.165, 1.54) is 6.33 Å². The zero-order valence-electron chi connectivity index (χ0n) is 4.84. The summed E-state index contributed by atoms with van der Waals surface area (Å²) in [5, 5.41) is 0. The van der Waals surface area contributed by atoms with Gasteiger partial charge >= 0.3 is 10.6 Å². The third-order valence-corrected chi connectivity index (χ3v) is 0.478. The third kappa shape index (κ3) is 9.85. The number of aromatic nitrogens is 2. The Hall–Kier alpha value is -1.30. The van der Waals surface area contributed by atoms with Gasteiger partial charge in [-0.15, -0.1) is 12.6 Å². The summed E-state index contributed by atoms with van der Waals surface area (Å²) < 4.78 is 25.3. The van der Waals surface area contributed by atoms with Crippen LogP contribution in [0.25, 0.3) is 0 Å². The largest absolute Gasteiger partial charge is 0.425 e. The standard InChI is InChI=1S/C4H4N2.O3S/c1-2-5-4-6-3-1;1-4(2)3/h1-4H;. The smallest absolute Gasteiger partial charge is 0.245 e. The van der Waals surface area contributed by atoms with Gasteiger partial charge in [-0.2, -0.15) is 0 Å². The summed E-state index contributed by atoms with van der Waals surface area (Å²) in [6.45, 7) is 0. The van der Waals surface area contributed by atoms with Crippen LogP contribution in [0.2, 0.25) is 0 Å². The molecule has 0 saturated carbocycles. The number of hydrogen-bond donors (Lipinski definition) is 0. The van der Waals surface area contributed by atoms with Gasteiger partial charge in [-0.05, 0) is 6.07 Å². The normalized spacial score (nSPS) is 7.20. The van der Waals surface area contributed by atoms with Gasteiger partial charge in [0, 0.05) is 12.4 Å². The average molecular weight is 160 g/mol. The van der Waals surface area contributed by atoms with E-state index in [-0.39, 0.29) is 0 Å². The minimum absolute atomic E-state index is 1.50. The Morgan fingerprint density at radius 1 is 1.00 bits per heavy atom. The lowest BCUT2D eigenvalue weighted by Crippen LogP contribution is -1.66. The molecule has 0 saturated heterocycles. The molecule has 0 aliphatic rings. The fraction of sp³-hybridized carbons (Fsp3) is 0. The van der Waals surface area contributed by atoms with Crippen molar-refractivity contribution in [2.45, 2.75) is 0 Å². The Morgan fingerprint density at radius 2 is 1.40 bits per heavy atom. The molecule has 1 aromatic rings. The van der Waals surface area contributed by atoms with Gasteiger partial charge < -0.3 is 0 Å². The molecule has 0 fully saturated rings. The van der Waals surface area contributed by atoms with Crippen LogP contribution in [0, 0.1) is 0 Å². The summed E-state index contributed by atoms with van der Waals surface area (Å²) >= 11 is 0. The second-order valence-corrected chi connectivity index (χ2v) is 1.52. The van der Waals surface area contributed by atoms with Crippen molar-refractivity contribution in [1.82, 2.24) is 9.97 Å². The predicted octanol–water partition coefficient (Wildman–Crippen LogP) is -0.527. The SMILES string of the molecule is O=S(=O)=O.c1cncnc1. The first-order chi connectivity index (χ1) is 4.73. The zero-order chi connectivity index (χ0) is 7.82. The molecule has 1 rings (SSSR count). The Labute approximate surface area is 58.8 Å². The van der Waals surface area contributed by atoms with E-state index in [9.17, 15) is 0 Å². The maximum absolute atomic E-state index is 8.44. The fourth-order valence-electron chi connectivity index (χ4n) is 0.253. The molecule has 6 heteroatoms. The highest BCUT2D eigenvalue weighted by Crippen LogP contribution is 1.66. The van der Waals surface area contributed by atoms with Crippen molar-refractivity contribution in [1.29, 1.82) is 0 Å². The first-order valence-electron chi connectivity index (χ1n) is 2.20. The van der Waals surface area contributed by atoms with Gasteiger partial charge in [-0.1, -0.05) is 0 Å². The summed E-state index contributed by atoms with van der Waals surface area (Å²) in [6.07, 6.45) is 4.88. The van der Waals surface area contributed by atoms with E-state index in [1.807, 2.05) is 0 Å². The molecule has 0 atom stereocenters. The molecule has 0 bridgehead atoms. The highest BCUT2D eigenvalue weighted by molar-refractivity contribution is 7.59. The van der Waals surface area contributed by atoms with Crippen LogP contribution in [-0.2, 0) is 10.6 Å². The minimum Gasteiger partial charge on any atom is -0.245 e. The molecule has 0 aliphatic carbocycles. The topological polar surface area (TPSA) is 77.0 Å². The molecule has 0 amide bonds. The monoisotopic (exact) mass is 160 g/mol. The van der Waals surface area contributed by atoms with E-state index >= 15 is 0 Å². The van der Waals surface area contributed by atoms with Crippen molar-refractivity contribution >= 4 is 10.6 Å². The van der Waals surface area contributed by atoms with Gasteiger partial charge in [0.05, 0.1) is 0 Å². The van der Waals surface area contributed by atoms with Crippen LogP contribution >= 0.6 is 0 Å². The lowest BCUT2D eigenvalue weighted by Gasteiger charge is -1.70. The molecular weight excluding hydrogens is 156 g/mol. The molecule has 0 unspecified atom stereocenters. The minimum atomic E-state index is -3.11. The zero-order valence-corrected chi connectivity index (χ0v) is 5.65. The molecule has 5 nitrogen and oxygen atoms in total. The molecule has 1 aromatic heterocycles. The Morgan fingerprint density at radius 3 is 1.50 bits per heavy atom. The van der Waals surface area contributed by atoms with Gasteiger partial charge in [0.1, 0.15) is 6.33 Å². The molecule has 54 valence electrons. The van der Waals surface area contributed by atoms with Crippen LogP contribution in [0.5, 0.6) is 0 Å². The maximum atomic E-state index is 8.44. The Balaban J connectivity index is 0.000000180. The average Bonchev–Trinajstić information content (AvgIpc) is 1.90. The van der Waals surface area contributed by atoms with Crippen molar-refractivity contribution in [2.75, 3.05) is 0 Å². The maximum Gasteiger partial charge on any atom is 0.425 e. The summed E-state index contributed by atoms with van der Waals surface area (Å²) in [5.74, 6) is 0. The number of hydrogen-bond acceptors (Lipinski definition) is 5. The van der Waals surface area contributed by atoms with Crippen molar-refractivity contribution in [3.05, 3.63) is 24.8 Å². The van der Waals surface area contributed by atoms with Gasteiger partial charge in [0.15, 0.2) is 0 Å². The van der Waals surface area contributed by atoms with Gasteiger partial charge in [-0.3, -0.25) is 0 Å². The van der Waals surface area contributed by atoms with Crippen molar-refractivity contribution < 1.29 is 12.6 Å². The van der Waals surface area contributed by atoms with E-state index in [0.29, 0.717) is 0 Å². The van der Waals surface area contributed by atoms with E-state index < -0.39 is 10.6 Å². The molecule has 0 N–H and O–H groups in total. The Kier molecular flexibility index (Phi) is 5.07. The summed E-state index contributed by atoms with van der Waals surface area (Å²) in [7, 11) is -3.11. The third-order valence-electron chi connectivity index (χ3n) is 0.478. The van der Waals surface area contributed by atoms with E-state index in [0.717, 1.165) is 0 Å². The van der Waals surface area contributed by atoms with E-state index in [1.54, 1.807) is 18.5 Å². The highest BCUT2D eigenvalue weighted by atomic mass is 32.2. The fourth-order valence-corrected chi connectivity index (χ4v) is 0.253. The summed E-state index contributed by atoms with van der Waals surface area (Å²) in [4.78, 5) is 7.35. The molecule has 0 aliphatic heterocycles. The second kappa shape index (κ2) is 5.83. The second-order valence-electron chi connectivity index (χ2n) is 1.11. The molecule has 0 spiro atoms. The van der Waals surface area contributed by atoms with Crippen LogP contribution in [-0.4, -0.2) is 22.6 Å². The number of rotatable bonds is 0. The first kappa shape index (κ1) is 8.70.